The monoisotopic (exact) mass is 355 g/mol. The molecule has 0 atom stereocenters. The first-order chi connectivity index (χ1) is 12.4. The van der Waals surface area contributed by atoms with Crippen LogP contribution in [0.5, 0.6) is 0 Å². The van der Waals surface area contributed by atoms with Crippen LogP contribution in [0.2, 0.25) is 0 Å². The SMILES string of the molecule is C=CCCc1cc(C)c(N)cc1NC.CC.CNc1ccc(C)c(C)c1. The van der Waals surface area contributed by atoms with Gasteiger partial charge in [-0.05, 0) is 74.1 Å². The number of benzene rings is 2. The number of anilines is 3. The van der Waals surface area contributed by atoms with Crippen molar-refractivity contribution in [2.24, 2.45) is 0 Å². The number of allylic oxidation sites excluding steroid dienone is 1. The number of hydrogen-bond acceptors (Lipinski definition) is 3. The van der Waals surface area contributed by atoms with E-state index in [2.05, 4.69) is 55.3 Å². The van der Waals surface area contributed by atoms with Crippen LogP contribution in [0, 0.1) is 20.8 Å². The smallest absolute Gasteiger partial charge is 0.0391 e. The topological polar surface area (TPSA) is 50.1 Å². The molecule has 3 heteroatoms. The standard InChI is InChI=1S/C12H18N2.C9H13N.C2H6/c1-4-5-6-10-7-9(2)11(13)8-12(10)14-3;1-7-4-5-9(10-3)6-8(7)2;1-2/h4,7-8,14H,1,5-6,13H2,2-3H3;4-6,10H,1-3H3;1-2H3. The highest BCUT2D eigenvalue weighted by Gasteiger charge is 2.03. The Balaban J connectivity index is 0.000000458. The summed E-state index contributed by atoms with van der Waals surface area (Å²) in [6.07, 6.45) is 3.95. The number of nitrogens with one attached hydrogen (secondary N) is 2. The predicted octanol–water partition coefficient (Wildman–Crippen LogP) is 6.11. The van der Waals surface area contributed by atoms with Gasteiger partial charge in [-0.15, -0.1) is 6.58 Å². The van der Waals surface area contributed by atoms with Crippen LogP contribution < -0.4 is 16.4 Å². The summed E-state index contributed by atoms with van der Waals surface area (Å²) < 4.78 is 0. The number of rotatable bonds is 5. The van der Waals surface area contributed by atoms with Gasteiger partial charge < -0.3 is 16.4 Å². The molecule has 0 saturated carbocycles. The van der Waals surface area contributed by atoms with Gasteiger partial charge in [0.15, 0.2) is 0 Å². The maximum Gasteiger partial charge on any atom is 0.0391 e. The van der Waals surface area contributed by atoms with E-state index in [1.165, 1.54) is 22.4 Å². The van der Waals surface area contributed by atoms with Crippen LogP contribution in [0.3, 0.4) is 0 Å². The number of hydrogen-bond donors (Lipinski definition) is 3. The molecule has 0 unspecified atom stereocenters. The fourth-order valence-corrected chi connectivity index (χ4v) is 2.38. The lowest BCUT2D eigenvalue weighted by molar-refractivity contribution is 1.00. The fraction of sp³-hybridized carbons (Fsp3) is 0.391. The third kappa shape index (κ3) is 7.64. The van der Waals surface area contributed by atoms with E-state index < -0.39 is 0 Å². The van der Waals surface area contributed by atoms with Crippen LogP contribution in [0.25, 0.3) is 0 Å². The molecule has 0 aromatic heterocycles. The minimum Gasteiger partial charge on any atom is -0.398 e. The first-order valence-corrected chi connectivity index (χ1v) is 9.35. The van der Waals surface area contributed by atoms with Crippen molar-refractivity contribution in [2.45, 2.75) is 47.5 Å². The molecule has 2 aromatic rings. The molecule has 4 N–H and O–H groups in total. The van der Waals surface area contributed by atoms with Gasteiger partial charge >= 0.3 is 0 Å². The largest absolute Gasteiger partial charge is 0.398 e. The zero-order valence-electron chi connectivity index (χ0n) is 17.7. The second kappa shape index (κ2) is 12.9. The molecular weight excluding hydrogens is 318 g/mol. The third-order valence-corrected chi connectivity index (χ3v) is 4.17. The Bertz CT molecular complexity index is 675. The van der Waals surface area contributed by atoms with Gasteiger partial charge in [0.2, 0.25) is 0 Å². The molecule has 0 spiro atoms. The minimum absolute atomic E-state index is 0.844. The van der Waals surface area contributed by atoms with E-state index in [1.807, 2.05) is 47.0 Å². The molecule has 26 heavy (non-hydrogen) atoms. The van der Waals surface area contributed by atoms with Crippen molar-refractivity contribution < 1.29 is 0 Å². The average molecular weight is 356 g/mol. The second-order valence-corrected chi connectivity index (χ2v) is 5.99. The van der Waals surface area contributed by atoms with E-state index in [4.69, 9.17) is 5.73 Å². The molecule has 2 rings (SSSR count). The van der Waals surface area contributed by atoms with Crippen molar-refractivity contribution in [1.29, 1.82) is 0 Å². The van der Waals surface area contributed by atoms with Crippen molar-refractivity contribution in [2.75, 3.05) is 30.5 Å². The number of aryl methyl sites for hydroxylation is 4. The Morgan fingerprint density at radius 1 is 0.923 bits per heavy atom. The van der Waals surface area contributed by atoms with Crippen LogP contribution in [0.1, 0.15) is 42.5 Å². The van der Waals surface area contributed by atoms with E-state index in [-0.39, 0.29) is 0 Å². The molecule has 0 aliphatic heterocycles. The van der Waals surface area contributed by atoms with Crippen LogP contribution in [-0.4, -0.2) is 14.1 Å². The van der Waals surface area contributed by atoms with Crippen LogP contribution in [0.4, 0.5) is 17.1 Å². The Morgan fingerprint density at radius 2 is 1.58 bits per heavy atom. The van der Waals surface area contributed by atoms with Gasteiger partial charge in [0.25, 0.3) is 0 Å². The third-order valence-electron chi connectivity index (χ3n) is 4.17. The van der Waals surface area contributed by atoms with Gasteiger partial charge in [-0.1, -0.05) is 32.1 Å². The second-order valence-electron chi connectivity index (χ2n) is 5.99. The molecule has 3 nitrogen and oxygen atoms in total. The molecule has 0 amide bonds. The molecule has 0 bridgehead atoms. The van der Waals surface area contributed by atoms with Crippen LogP contribution in [0.15, 0.2) is 43.0 Å². The summed E-state index contributed by atoms with van der Waals surface area (Å²) in [5.74, 6) is 0. The zero-order valence-corrected chi connectivity index (χ0v) is 17.7. The highest BCUT2D eigenvalue weighted by Crippen LogP contribution is 2.23. The number of nitrogen functional groups attached to an aromatic ring is 1. The quantitative estimate of drug-likeness (QED) is 0.448. The summed E-state index contributed by atoms with van der Waals surface area (Å²) in [6, 6.07) is 10.5. The zero-order chi connectivity index (χ0) is 20.1. The summed E-state index contributed by atoms with van der Waals surface area (Å²) in [7, 11) is 3.85. The Morgan fingerprint density at radius 3 is 2.08 bits per heavy atom. The highest BCUT2D eigenvalue weighted by atomic mass is 14.8. The molecule has 0 heterocycles. The Labute approximate surface area is 160 Å². The molecule has 0 aliphatic rings. The molecule has 0 saturated heterocycles. The lowest BCUT2D eigenvalue weighted by Gasteiger charge is -2.11. The summed E-state index contributed by atoms with van der Waals surface area (Å²) >= 11 is 0. The number of nitrogens with two attached hydrogens (primary N) is 1. The van der Waals surface area contributed by atoms with Crippen molar-refractivity contribution in [3.63, 3.8) is 0 Å². The average Bonchev–Trinajstić information content (AvgIpc) is 2.66. The molecule has 144 valence electrons. The van der Waals surface area contributed by atoms with E-state index >= 15 is 0 Å². The molecule has 0 fully saturated rings. The summed E-state index contributed by atoms with van der Waals surface area (Å²) in [4.78, 5) is 0. The van der Waals surface area contributed by atoms with Gasteiger partial charge in [-0.2, -0.15) is 0 Å². The Hall–Kier alpha value is -2.42. The first kappa shape index (κ1) is 23.6. The van der Waals surface area contributed by atoms with Crippen molar-refractivity contribution >= 4 is 17.1 Å². The lowest BCUT2D eigenvalue weighted by Crippen LogP contribution is -1.99. The maximum atomic E-state index is 5.83. The Kier molecular flexibility index (Phi) is 11.7. The fourth-order valence-electron chi connectivity index (χ4n) is 2.38. The maximum absolute atomic E-state index is 5.83. The molecule has 0 radical (unpaired) electrons. The normalized spacial score (nSPS) is 9.19. The van der Waals surface area contributed by atoms with Gasteiger partial charge in [0.05, 0.1) is 0 Å². The summed E-state index contributed by atoms with van der Waals surface area (Å²) in [6.45, 7) is 14.0. The molecule has 0 aliphatic carbocycles. The van der Waals surface area contributed by atoms with Crippen molar-refractivity contribution in [1.82, 2.24) is 0 Å². The van der Waals surface area contributed by atoms with Crippen LogP contribution in [-0.2, 0) is 6.42 Å². The van der Waals surface area contributed by atoms with Gasteiger partial charge in [0.1, 0.15) is 0 Å². The lowest BCUT2D eigenvalue weighted by atomic mass is 10.0. The van der Waals surface area contributed by atoms with E-state index in [9.17, 15) is 0 Å². The van der Waals surface area contributed by atoms with Gasteiger partial charge in [-0.3, -0.25) is 0 Å². The van der Waals surface area contributed by atoms with E-state index in [0.717, 1.165) is 29.8 Å². The summed E-state index contributed by atoms with van der Waals surface area (Å²) in [5.41, 5.74) is 14.1. The molecule has 2 aromatic carbocycles. The highest BCUT2D eigenvalue weighted by molar-refractivity contribution is 5.63. The van der Waals surface area contributed by atoms with E-state index in [1.54, 1.807) is 0 Å². The van der Waals surface area contributed by atoms with Crippen LogP contribution >= 0.6 is 0 Å². The van der Waals surface area contributed by atoms with E-state index in [0.29, 0.717) is 0 Å². The van der Waals surface area contributed by atoms with Crippen molar-refractivity contribution in [3.05, 3.63) is 65.2 Å². The van der Waals surface area contributed by atoms with Crippen molar-refractivity contribution in [3.8, 4) is 0 Å². The predicted molar refractivity (Wildman–Crippen MR) is 120 cm³/mol. The summed E-state index contributed by atoms with van der Waals surface area (Å²) in [5, 5.41) is 6.25. The van der Waals surface area contributed by atoms with Gasteiger partial charge in [0, 0.05) is 31.2 Å². The first-order valence-electron chi connectivity index (χ1n) is 9.35. The minimum atomic E-state index is 0.844. The molecular formula is C23H37N3. The van der Waals surface area contributed by atoms with Gasteiger partial charge in [-0.25, -0.2) is 0 Å².